The topological polar surface area (TPSA) is 61.6 Å². The monoisotopic (exact) mass is 241 g/mol. The van der Waals surface area contributed by atoms with Gasteiger partial charge >= 0.3 is 5.97 Å². The van der Waals surface area contributed by atoms with Crippen LogP contribution in [-0.2, 0) is 14.9 Å². The molecular formula is C12H19NO4. The number of esters is 1. The Bertz CT molecular complexity index is 403. The van der Waals surface area contributed by atoms with E-state index in [1.165, 1.54) is 7.11 Å². The summed E-state index contributed by atoms with van der Waals surface area (Å²) in [6, 6.07) is 0. The van der Waals surface area contributed by atoms with Crippen molar-refractivity contribution in [2.75, 3.05) is 14.2 Å². The van der Waals surface area contributed by atoms with E-state index in [0.29, 0.717) is 11.6 Å². The molecule has 0 aliphatic rings. The van der Waals surface area contributed by atoms with Gasteiger partial charge in [0.05, 0.1) is 12.8 Å². The Morgan fingerprint density at radius 3 is 2.35 bits per heavy atom. The van der Waals surface area contributed by atoms with Crippen LogP contribution < -0.4 is 0 Å². The average Bonchev–Trinajstić information content (AvgIpc) is 2.71. The first-order valence-electron chi connectivity index (χ1n) is 5.43. The molecule has 1 heterocycles. The number of hydrogen-bond donors (Lipinski definition) is 0. The lowest BCUT2D eigenvalue weighted by atomic mass is 9.91. The van der Waals surface area contributed by atoms with Crippen molar-refractivity contribution in [1.29, 1.82) is 0 Å². The van der Waals surface area contributed by atoms with Gasteiger partial charge in [-0.3, -0.25) is 0 Å². The predicted molar refractivity (Wildman–Crippen MR) is 62.0 cm³/mol. The third-order valence-electron chi connectivity index (χ3n) is 2.43. The van der Waals surface area contributed by atoms with Crippen LogP contribution in [0.2, 0.25) is 0 Å². The molecule has 5 nitrogen and oxygen atoms in total. The summed E-state index contributed by atoms with van der Waals surface area (Å²) in [6.07, 6.45) is -0.297. The van der Waals surface area contributed by atoms with Crippen LogP contribution in [0, 0.1) is 0 Å². The zero-order valence-electron chi connectivity index (χ0n) is 11.2. The highest BCUT2D eigenvalue weighted by Gasteiger charge is 2.30. The van der Waals surface area contributed by atoms with Crippen LogP contribution in [-0.4, -0.2) is 25.2 Å². The molecule has 1 unspecified atom stereocenters. The summed E-state index contributed by atoms with van der Waals surface area (Å²) >= 11 is 0. The Hall–Kier alpha value is -1.36. The quantitative estimate of drug-likeness (QED) is 0.761. The zero-order valence-corrected chi connectivity index (χ0v) is 11.2. The molecule has 0 radical (unpaired) electrons. The van der Waals surface area contributed by atoms with E-state index in [1.54, 1.807) is 14.0 Å². The van der Waals surface area contributed by atoms with Gasteiger partial charge in [-0.1, -0.05) is 20.8 Å². The number of carbonyl (C=O) groups excluding carboxylic acids is 1. The first kappa shape index (κ1) is 13.7. The first-order valence-corrected chi connectivity index (χ1v) is 5.43. The first-order chi connectivity index (χ1) is 7.81. The molecule has 1 aromatic rings. The van der Waals surface area contributed by atoms with Crippen LogP contribution in [0.3, 0.4) is 0 Å². The summed E-state index contributed by atoms with van der Waals surface area (Å²) < 4.78 is 15.2. The third kappa shape index (κ3) is 2.85. The maximum Gasteiger partial charge on any atom is 0.376 e. The number of rotatable bonds is 3. The highest BCUT2D eigenvalue weighted by atomic mass is 16.5. The second-order valence-electron chi connectivity index (χ2n) is 4.85. The molecule has 0 aliphatic carbocycles. The van der Waals surface area contributed by atoms with Crippen LogP contribution in [0.4, 0.5) is 0 Å². The fraction of sp³-hybridized carbons (Fsp3) is 0.667. The molecule has 0 bridgehead atoms. The molecule has 17 heavy (non-hydrogen) atoms. The third-order valence-corrected chi connectivity index (χ3v) is 2.43. The molecule has 5 heteroatoms. The molecule has 0 aromatic carbocycles. The zero-order chi connectivity index (χ0) is 13.2. The molecule has 0 amide bonds. The molecule has 0 saturated heterocycles. The molecule has 0 saturated carbocycles. The van der Waals surface area contributed by atoms with Gasteiger partial charge < -0.3 is 13.9 Å². The molecular weight excluding hydrogens is 222 g/mol. The van der Waals surface area contributed by atoms with Crippen LogP contribution in [0.15, 0.2) is 4.42 Å². The lowest BCUT2D eigenvalue weighted by Crippen LogP contribution is -2.17. The van der Waals surface area contributed by atoms with Crippen molar-refractivity contribution in [3.05, 3.63) is 17.3 Å². The Morgan fingerprint density at radius 1 is 1.35 bits per heavy atom. The highest BCUT2D eigenvalue weighted by molar-refractivity contribution is 5.87. The average molecular weight is 241 g/mol. The number of ether oxygens (including phenoxy) is 2. The number of aromatic nitrogens is 1. The van der Waals surface area contributed by atoms with Gasteiger partial charge in [-0.2, -0.15) is 0 Å². The summed E-state index contributed by atoms with van der Waals surface area (Å²) in [5, 5.41) is 0. The van der Waals surface area contributed by atoms with Crippen LogP contribution in [0.25, 0.3) is 0 Å². The lowest BCUT2D eigenvalue weighted by Gasteiger charge is -2.15. The van der Waals surface area contributed by atoms with Gasteiger partial charge in [0.1, 0.15) is 6.10 Å². The van der Waals surface area contributed by atoms with E-state index in [2.05, 4.69) is 9.72 Å². The minimum absolute atomic E-state index is 0.152. The summed E-state index contributed by atoms with van der Waals surface area (Å²) in [4.78, 5) is 15.9. The minimum Gasteiger partial charge on any atom is -0.463 e. The lowest BCUT2D eigenvalue weighted by molar-refractivity contribution is 0.0541. The van der Waals surface area contributed by atoms with Crippen LogP contribution in [0.1, 0.15) is 55.9 Å². The summed E-state index contributed by atoms with van der Waals surface area (Å²) in [5.74, 6) is 0.0219. The van der Waals surface area contributed by atoms with Crippen molar-refractivity contribution in [2.24, 2.45) is 0 Å². The standard InChI is InChI=1S/C12H19NO4/c1-7(15-5)10-13-9(12(2,3)4)8(17-10)11(14)16-6/h7H,1-6H3. The smallest absolute Gasteiger partial charge is 0.376 e. The fourth-order valence-electron chi connectivity index (χ4n) is 1.35. The van der Waals surface area contributed by atoms with Gasteiger partial charge in [0, 0.05) is 12.5 Å². The Morgan fingerprint density at radius 2 is 1.94 bits per heavy atom. The van der Waals surface area contributed by atoms with Gasteiger partial charge in [0.2, 0.25) is 11.7 Å². The van der Waals surface area contributed by atoms with E-state index in [-0.39, 0.29) is 17.3 Å². The second-order valence-corrected chi connectivity index (χ2v) is 4.85. The van der Waals surface area contributed by atoms with Gasteiger partial charge in [-0.15, -0.1) is 0 Å². The van der Waals surface area contributed by atoms with E-state index in [4.69, 9.17) is 9.15 Å². The normalized spacial score (nSPS) is 13.5. The number of nitrogens with zero attached hydrogens (tertiary/aromatic N) is 1. The van der Waals surface area contributed by atoms with Crippen molar-refractivity contribution in [3.63, 3.8) is 0 Å². The summed E-state index contributed by atoms with van der Waals surface area (Å²) in [5.41, 5.74) is 0.293. The highest BCUT2D eigenvalue weighted by Crippen LogP contribution is 2.29. The van der Waals surface area contributed by atoms with Gasteiger partial charge in [-0.25, -0.2) is 9.78 Å². The van der Waals surface area contributed by atoms with Crippen molar-refractivity contribution < 1.29 is 18.7 Å². The fourth-order valence-corrected chi connectivity index (χ4v) is 1.35. The largest absolute Gasteiger partial charge is 0.463 e. The van der Waals surface area contributed by atoms with E-state index in [1.807, 2.05) is 20.8 Å². The van der Waals surface area contributed by atoms with Crippen LogP contribution in [0.5, 0.6) is 0 Å². The predicted octanol–water partition coefficient (Wildman–Crippen LogP) is 2.47. The van der Waals surface area contributed by atoms with E-state index < -0.39 is 5.97 Å². The van der Waals surface area contributed by atoms with Crippen molar-refractivity contribution in [3.8, 4) is 0 Å². The minimum atomic E-state index is -0.517. The summed E-state index contributed by atoms with van der Waals surface area (Å²) in [6.45, 7) is 7.68. The maximum absolute atomic E-state index is 11.6. The number of carbonyl (C=O) groups is 1. The van der Waals surface area contributed by atoms with Gasteiger partial charge in [0.15, 0.2) is 0 Å². The van der Waals surface area contributed by atoms with Crippen molar-refractivity contribution in [2.45, 2.75) is 39.2 Å². The Balaban J connectivity index is 3.26. The van der Waals surface area contributed by atoms with Crippen LogP contribution >= 0.6 is 0 Å². The van der Waals surface area contributed by atoms with E-state index in [0.717, 1.165) is 0 Å². The van der Waals surface area contributed by atoms with E-state index >= 15 is 0 Å². The molecule has 0 aliphatic heterocycles. The molecule has 0 N–H and O–H groups in total. The van der Waals surface area contributed by atoms with Crippen molar-refractivity contribution in [1.82, 2.24) is 4.98 Å². The molecule has 1 aromatic heterocycles. The number of oxazole rings is 1. The molecule has 96 valence electrons. The van der Waals surface area contributed by atoms with Crippen molar-refractivity contribution >= 4 is 5.97 Å². The number of methoxy groups -OCH3 is 2. The SMILES string of the molecule is COC(=O)c1oc(C(C)OC)nc1C(C)(C)C. The molecule has 0 spiro atoms. The summed E-state index contributed by atoms with van der Waals surface area (Å²) in [7, 11) is 2.88. The number of hydrogen-bond acceptors (Lipinski definition) is 5. The van der Waals surface area contributed by atoms with Gasteiger partial charge in [0.25, 0.3) is 0 Å². The second kappa shape index (κ2) is 4.87. The Labute approximate surface area is 101 Å². The molecule has 1 rings (SSSR count). The van der Waals surface area contributed by atoms with Gasteiger partial charge in [-0.05, 0) is 6.92 Å². The molecule has 0 fully saturated rings. The maximum atomic E-state index is 11.6. The van der Waals surface area contributed by atoms with E-state index in [9.17, 15) is 4.79 Å². The Kier molecular flexibility index (Phi) is 3.93. The molecule has 1 atom stereocenters.